The molecule has 8 nitrogen and oxygen atoms in total. The Bertz CT molecular complexity index is 617. The van der Waals surface area contributed by atoms with Crippen LogP contribution in [0, 0.1) is 176 Å². The summed E-state index contributed by atoms with van der Waals surface area (Å²) in [7, 11) is 1.40. The number of aromatic hydroxyl groups is 1. The van der Waals surface area contributed by atoms with Crippen LogP contribution < -0.4 is 4.74 Å². The van der Waals surface area contributed by atoms with Crippen LogP contribution in [-0.2, 0) is 11.2 Å². The van der Waals surface area contributed by atoms with Crippen molar-refractivity contribution in [1.82, 2.24) is 0 Å². The first-order chi connectivity index (χ1) is 11.3. The molecule has 1 fully saturated rings. The molecular formula is C16H22Ac4O8. The molecule has 1 aliphatic heterocycles. The van der Waals surface area contributed by atoms with Gasteiger partial charge in [-0.3, -0.25) is 4.79 Å². The topological polar surface area (TPSA) is 137 Å². The zero-order valence-corrected chi connectivity index (χ0v) is 34.7. The number of ether oxygens (including phenoxy) is 2. The van der Waals surface area contributed by atoms with Gasteiger partial charge in [-0.25, -0.2) is 0 Å². The molecule has 1 heterocycles. The summed E-state index contributed by atoms with van der Waals surface area (Å²) in [6.07, 6.45) is -6.41. The minimum Gasteiger partial charge on any atom is -0.507 e. The average Bonchev–Trinajstić information content (AvgIpc) is 2.54. The molecule has 0 saturated carbocycles. The number of carbonyl (C=O) groups is 1. The van der Waals surface area contributed by atoms with E-state index < -0.39 is 37.1 Å². The fourth-order valence-corrected chi connectivity index (χ4v) is 2.91. The summed E-state index contributed by atoms with van der Waals surface area (Å²) in [5.74, 6) is -0.326. The number of methoxy groups -OCH3 is 1. The molecule has 0 amide bonds. The monoisotopic (exact) mass is 1250 g/mol. The molecule has 5 atom stereocenters. The number of ketones is 1. The molecule has 1 aromatic rings. The van der Waals surface area contributed by atoms with Gasteiger partial charge in [-0.15, -0.1) is 0 Å². The predicted octanol–water partition coefficient (Wildman–Crippen LogP) is -1.01. The summed E-state index contributed by atoms with van der Waals surface area (Å²) in [4.78, 5) is 11.8. The fraction of sp³-hybridized carbons (Fsp3) is 0.562. The van der Waals surface area contributed by atoms with E-state index in [0.717, 1.165) is 0 Å². The normalized spacial score (nSPS) is 25.9. The fourth-order valence-electron chi connectivity index (χ4n) is 2.91. The molecule has 5 N–H and O–H groups in total. The van der Waals surface area contributed by atoms with Gasteiger partial charge in [0.2, 0.25) is 0 Å². The number of aliphatic hydroxyl groups excluding tert-OH is 4. The van der Waals surface area contributed by atoms with Crippen molar-refractivity contribution in [1.29, 1.82) is 0 Å². The van der Waals surface area contributed by atoms with Gasteiger partial charge in [-0.2, -0.15) is 0 Å². The van der Waals surface area contributed by atoms with E-state index in [-0.39, 0.29) is 200 Å². The standard InChI is InChI=1S/C16H22O8.4Ac/c1-7(18)13-8(3-9(23-2)5-10(13)19)4-11-14(20)16(22)15(21)12(6-17)24-11;;;;/h3,5,11-12,14-17,19-22H,4,6H2,1-2H3;;;;. The number of benzene rings is 1. The molecule has 12 heteroatoms. The second-order valence-electron chi connectivity index (χ2n) is 5.81. The van der Waals surface area contributed by atoms with Crippen LogP contribution in [0.25, 0.3) is 0 Å². The number of phenolic OH excluding ortho intramolecular Hbond substituents is 1. The van der Waals surface area contributed by atoms with Gasteiger partial charge in [-0.05, 0) is 18.6 Å². The molecule has 28 heavy (non-hydrogen) atoms. The van der Waals surface area contributed by atoms with Gasteiger partial charge >= 0.3 is 0 Å². The summed E-state index contributed by atoms with van der Waals surface area (Å²) in [5.41, 5.74) is 0.427. The van der Waals surface area contributed by atoms with Gasteiger partial charge < -0.3 is 35.0 Å². The van der Waals surface area contributed by atoms with Crippen LogP contribution >= 0.6 is 0 Å². The Morgan fingerprint density at radius 3 is 2.04 bits per heavy atom. The van der Waals surface area contributed by atoms with Crippen LogP contribution in [0.4, 0.5) is 0 Å². The molecule has 0 bridgehead atoms. The molecule has 1 aromatic carbocycles. The number of Topliss-reactive ketones (excluding diaryl/α,β-unsaturated/α-hetero) is 1. The SMILES string of the molecule is COc1cc(O)c(C(C)=O)c(CC2OC(CO)C(O)C(O)C2O)c1.[Ac].[Ac].[Ac].[Ac]. The van der Waals surface area contributed by atoms with Crippen molar-refractivity contribution < 1.29 is 216 Å². The summed E-state index contributed by atoms with van der Waals surface area (Å²) >= 11 is 0. The van der Waals surface area contributed by atoms with Gasteiger partial charge in [0.15, 0.2) is 5.78 Å². The van der Waals surface area contributed by atoms with Crippen LogP contribution in [0.5, 0.6) is 11.5 Å². The molecule has 1 saturated heterocycles. The van der Waals surface area contributed by atoms with E-state index in [1.165, 1.54) is 26.2 Å². The van der Waals surface area contributed by atoms with Crippen molar-refractivity contribution in [3.63, 3.8) is 0 Å². The quantitative estimate of drug-likeness (QED) is 0.237. The molecule has 0 aromatic heterocycles. The van der Waals surface area contributed by atoms with Crippen LogP contribution in [-0.4, -0.2) is 75.6 Å². The van der Waals surface area contributed by atoms with E-state index >= 15 is 0 Å². The maximum absolute atomic E-state index is 11.8. The number of phenols is 1. The Morgan fingerprint density at radius 1 is 1.04 bits per heavy atom. The Morgan fingerprint density at radius 2 is 1.57 bits per heavy atom. The third-order valence-electron chi connectivity index (χ3n) is 4.17. The Hall–Kier alpha value is 4.06. The maximum Gasteiger partial charge on any atom is 0.163 e. The second-order valence-corrected chi connectivity index (χ2v) is 5.81. The molecule has 0 aliphatic carbocycles. The molecular weight excluding hydrogens is 1230 g/mol. The van der Waals surface area contributed by atoms with E-state index in [2.05, 4.69) is 0 Å². The first-order valence-corrected chi connectivity index (χ1v) is 7.51. The minimum absolute atomic E-state index is 0. The zero-order chi connectivity index (χ0) is 18.0. The minimum atomic E-state index is -1.50. The van der Waals surface area contributed by atoms with Gasteiger partial charge in [0.05, 0.1) is 25.4 Å². The first kappa shape index (κ1) is 36.6. The summed E-state index contributed by atoms with van der Waals surface area (Å²) in [6.45, 7) is 0.753. The third kappa shape index (κ3) is 9.36. The third-order valence-corrected chi connectivity index (χ3v) is 4.17. The van der Waals surface area contributed by atoms with Crippen LogP contribution in [0.2, 0.25) is 0 Å². The van der Waals surface area contributed by atoms with E-state index in [1.807, 2.05) is 0 Å². The number of hydrogen-bond donors (Lipinski definition) is 5. The van der Waals surface area contributed by atoms with Crippen LogP contribution in [0.15, 0.2) is 12.1 Å². The number of rotatable bonds is 5. The van der Waals surface area contributed by atoms with E-state index in [0.29, 0.717) is 11.3 Å². The van der Waals surface area contributed by atoms with Crippen molar-refractivity contribution in [3.8, 4) is 11.5 Å². The van der Waals surface area contributed by atoms with Crippen molar-refractivity contribution in [3.05, 3.63) is 23.3 Å². The average molecular weight is 1250 g/mol. The van der Waals surface area contributed by atoms with Crippen LogP contribution in [0.1, 0.15) is 22.8 Å². The Kier molecular flexibility index (Phi) is 22.9. The summed E-state index contributed by atoms with van der Waals surface area (Å²) in [6, 6.07) is 2.82. The number of carbonyl (C=O) groups excluding carboxylic acids is 1. The molecule has 4 radical (unpaired) electrons. The molecule has 5 unspecified atom stereocenters. The Balaban J connectivity index is -0.00000156. The molecule has 2 rings (SSSR count). The summed E-state index contributed by atoms with van der Waals surface area (Å²) in [5, 5.41) is 49.0. The maximum atomic E-state index is 11.8. The van der Waals surface area contributed by atoms with E-state index in [4.69, 9.17) is 9.47 Å². The van der Waals surface area contributed by atoms with Crippen molar-refractivity contribution in [2.45, 2.75) is 43.9 Å². The van der Waals surface area contributed by atoms with E-state index in [9.17, 15) is 30.3 Å². The first-order valence-electron chi connectivity index (χ1n) is 7.51. The number of aliphatic hydroxyl groups is 4. The van der Waals surface area contributed by atoms with Crippen LogP contribution in [0.3, 0.4) is 0 Å². The van der Waals surface area contributed by atoms with Gasteiger partial charge in [0.1, 0.15) is 35.9 Å². The van der Waals surface area contributed by atoms with Gasteiger partial charge in [0, 0.05) is 189 Å². The molecule has 0 spiro atoms. The predicted molar refractivity (Wildman–Crippen MR) is 82.1 cm³/mol. The molecule has 1 aliphatic rings. The van der Waals surface area contributed by atoms with Crippen molar-refractivity contribution in [2.75, 3.05) is 13.7 Å². The molecule has 146 valence electrons. The smallest absolute Gasteiger partial charge is 0.163 e. The van der Waals surface area contributed by atoms with E-state index in [1.54, 1.807) is 0 Å². The second kappa shape index (κ2) is 17.5. The van der Waals surface area contributed by atoms with Crippen molar-refractivity contribution in [2.24, 2.45) is 0 Å². The number of hydrogen-bond acceptors (Lipinski definition) is 8. The largest absolute Gasteiger partial charge is 0.507 e. The van der Waals surface area contributed by atoms with Gasteiger partial charge in [0.25, 0.3) is 0 Å². The van der Waals surface area contributed by atoms with Gasteiger partial charge in [-0.1, -0.05) is 0 Å². The zero-order valence-electron chi connectivity index (χ0n) is 15.7. The Labute approximate surface area is 307 Å². The summed E-state index contributed by atoms with van der Waals surface area (Å²) < 4.78 is 10.5. The van der Waals surface area contributed by atoms with Crippen molar-refractivity contribution >= 4 is 5.78 Å².